The number of hydrogen-bond donors (Lipinski definition) is 4. The maximum absolute atomic E-state index is 11.9. The maximum Gasteiger partial charge on any atom is 0.251 e. The number of hydrogen-bond acceptors (Lipinski definition) is 4. The van der Waals surface area contributed by atoms with Gasteiger partial charge in [-0.3, -0.25) is 9.59 Å². The molecule has 1 aliphatic heterocycles. The number of benzene rings is 1. The van der Waals surface area contributed by atoms with Crippen LogP contribution in [-0.2, 0) is 4.79 Å². The minimum Gasteiger partial charge on any atom is -0.391 e. The average molecular weight is 393 g/mol. The van der Waals surface area contributed by atoms with Crippen LogP contribution in [0, 0.1) is 5.92 Å². The first kappa shape index (κ1) is 18.9. The third-order valence-electron chi connectivity index (χ3n) is 3.36. The Hall–Kier alpha value is -1.15. The second-order valence-electron chi connectivity index (χ2n) is 4.98. The number of aliphatic hydroxyl groups excluding tert-OH is 1. The van der Waals surface area contributed by atoms with Crippen molar-refractivity contribution in [3.05, 3.63) is 34.3 Å². The molecule has 1 aromatic rings. The lowest BCUT2D eigenvalue weighted by Gasteiger charge is -2.14. The van der Waals surface area contributed by atoms with Gasteiger partial charge in [0.2, 0.25) is 5.91 Å². The van der Waals surface area contributed by atoms with Gasteiger partial charge in [-0.2, -0.15) is 0 Å². The van der Waals surface area contributed by atoms with E-state index in [1.165, 1.54) is 0 Å². The van der Waals surface area contributed by atoms with E-state index in [0.717, 1.165) is 4.47 Å². The van der Waals surface area contributed by atoms with Gasteiger partial charge in [0.25, 0.3) is 5.91 Å². The van der Waals surface area contributed by atoms with Crippen molar-refractivity contribution in [3.8, 4) is 0 Å². The second-order valence-corrected chi connectivity index (χ2v) is 5.90. The molecule has 22 heavy (non-hydrogen) atoms. The molecule has 1 saturated heterocycles. The summed E-state index contributed by atoms with van der Waals surface area (Å²) < 4.78 is 0.808. The smallest absolute Gasteiger partial charge is 0.251 e. The molecule has 6 nitrogen and oxygen atoms in total. The van der Waals surface area contributed by atoms with E-state index < -0.39 is 6.10 Å². The highest BCUT2D eigenvalue weighted by Crippen LogP contribution is 2.11. The molecule has 2 atom stereocenters. The summed E-state index contributed by atoms with van der Waals surface area (Å²) in [6, 6.07) is 6.95. The van der Waals surface area contributed by atoms with E-state index in [-0.39, 0.29) is 36.7 Å². The minimum atomic E-state index is -0.429. The molecular weight excluding hydrogens is 374 g/mol. The second kappa shape index (κ2) is 9.09. The predicted molar refractivity (Wildman–Crippen MR) is 89.1 cm³/mol. The summed E-state index contributed by atoms with van der Waals surface area (Å²) in [6.45, 7) is 1.56. The molecule has 1 aromatic carbocycles. The Kier molecular flexibility index (Phi) is 7.81. The Balaban J connectivity index is 0.00000242. The van der Waals surface area contributed by atoms with Gasteiger partial charge >= 0.3 is 0 Å². The van der Waals surface area contributed by atoms with Gasteiger partial charge in [0.05, 0.1) is 12.6 Å². The van der Waals surface area contributed by atoms with Crippen LogP contribution < -0.4 is 16.0 Å². The largest absolute Gasteiger partial charge is 0.391 e. The Morgan fingerprint density at radius 2 is 2.09 bits per heavy atom. The summed E-state index contributed by atoms with van der Waals surface area (Å²) in [4.78, 5) is 23.5. The molecule has 1 heterocycles. The van der Waals surface area contributed by atoms with Crippen LogP contribution in [0.5, 0.6) is 0 Å². The maximum atomic E-state index is 11.9. The van der Waals surface area contributed by atoms with Crippen molar-refractivity contribution in [2.24, 2.45) is 5.92 Å². The zero-order valence-electron chi connectivity index (χ0n) is 11.8. The van der Waals surface area contributed by atoms with E-state index >= 15 is 0 Å². The summed E-state index contributed by atoms with van der Waals surface area (Å²) in [6.07, 6.45) is -0.429. The van der Waals surface area contributed by atoms with Crippen molar-refractivity contribution >= 4 is 40.2 Å². The van der Waals surface area contributed by atoms with E-state index in [1.807, 2.05) is 6.07 Å². The number of carbonyl (C=O) groups is 2. The summed E-state index contributed by atoms with van der Waals surface area (Å²) in [5, 5.41) is 17.9. The lowest BCUT2D eigenvalue weighted by molar-refractivity contribution is -0.120. The number of halogens is 2. The highest BCUT2D eigenvalue weighted by atomic mass is 79.9. The molecular formula is C14H19BrClN3O3. The summed E-state index contributed by atoms with van der Waals surface area (Å²) in [7, 11) is 0. The fourth-order valence-corrected chi connectivity index (χ4v) is 2.53. The Morgan fingerprint density at radius 3 is 2.73 bits per heavy atom. The van der Waals surface area contributed by atoms with E-state index in [9.17, 15) is 14.7 Å². The Morgan fingerprint density at radius 1 is 1.32 bits per heavy atom. The molecule has 0 aromatic heterocycles. The van der Waals surface area contributed by atoms with Crippen molar-refractivity contribution in [1.82, 2.24) is 16.0 Å². The van der Waals surface area contributed by atoms with Gasteiger partial charge in [-0.15, -0.1) is 12.4 Å². The highest BCUT2D eigenvalue weighted by Gasteiger charge is 2.24. The number of β-amino-alcohol motifs (C(OH)–C–C–N with tert-alkyl or cyclic N) is 1. The molecule has 2 unspecified atom stereocenters. The zero-order valence-corrected chi connectivity index (χ0v) is 14.2. The lowest BCUT2D eigenvalue weighted by Crippen LogP contribution is -2.40. The molecule has 0 radical (unpaired) electrons. The number of rotatable bonds is 5. The van der Waals surface area contributed by atoms with Crippen molar-refractivity contribution in [2.45, 2.75) is 6.10 Å². The van der Waals surface area contributed by atoms with Gasteiger partial charge < -0.3 is 21.1 Å². The Labute approximate surface area is 143 Å². The van der Waals surface area contributed by atoms with E-state index in [1.54, 1.807) is 18.2 Å². The molecule has 4 N–H and O–H groups in total. The number of carbonyl (C=O) groups excluding carboxylic acids is 2. The monoisotopic (exact) mass is 391 g/mol. The molecule has 0 spiro atoms. The lowest BCUT2D eigenvalue weighted by atomic mass is 10.1. The SMILES string of the molecule is Cl.O=C(CNC(=O)c1cccc(Br)c1)NCC1CNCC1O. The zero-order chi connectivity index (χ0) is 15.2. The van der Waals surface area contributed by atoms with Gasteiger partial charge in [-0.1, -0.05) is 22.0 Å². The summed E-state index contributed by atoms with van der Waals surface area (Å²) >= 11 is 3.29. The molecule has 0 bridgehead atoms. The van der Waals surface area contributed by atoms with Gasteiger partial charge in [0, 0.05) is 35.6 Å². The Bertz CT molecular complexity index is 530. The van der Waals surface area contributed by atoms with Crippen LogP contribution in [0.4, 0.5) is 0 Å². The third kappa shape index (κ3) is 5.57. The van der Waals surface area contributed by atoms with E-state index in [2.05, 4.69) is 31.9 Å². The van der Waals surface area contributed by atoms with Crippen LogP contribution in [0.1, 0.15) is 10.4 Å². The van der Waals surface area contributed by atoms with Gasteiger partial charge in [0.1, 0.15) is 0 Å². The molecule has 1 fully saturated rings. The quantitative estimate of drug-likeness (QED) is 0.580. The fraction of sp³-hybridized carbons (Fsp3) is 0.429. The van der Waals surface area contributed by atoms with Crippen LogP contribution in [0.25, 0.3) is 0 Å². The topological polar surface area (TPSA) is 90.5 Å². The summed E-state index contributed by atoms with van der Waals surface area (Å²) in [5.74, 6) is -0.541. The average Bonchev–Trinajstić information content (AvgIpc) is 2.88. The van der Waals surface area contributed by atoms with Crippen LogP contribution in [0.2, 0.25) is 0 Å². The highest BCUT2D eigenvalue weighted by molar-refractivity contribution is 9.10. The first-order valence-corrected chi connectivity index (χ1v) is 7.55. The number of aliphatic hydroxyl groups is 1. The van der Waals surface area contributed by atoms with Gasteiger partial charge in [0.15, 0.2) is 0 Å². The first-order chi connectivity index (χ1) is 10.1. The van der Waals surface area contributed by atoms with Crippen LogP contribution in [0.3, 0.4) is 0 Å². The van der Waals surface area contributed by atoms with Crippen molar-refractivity contribution < 1.29 is 14.7 Å². The molecule has 0 aliphatic carbocycles. The first-order valence-electron chi connectivity index (χ1n) is 6.75. The minimum absolute atomic E-state index is 0. The van der Waals surface area contributed by atoms with Crippen molar-refractivity contribution in [2.75, 3.05) is 26.2 Å². The normalized spacial score (nSPS) is 20.1. The molecule has 2 rings (SSSR count). The van der Waals surface area contributed by atoms with Crippen LogP contribution in [-0.4, -0.2) is 49.2 Å². The standard InChI is InChI=1S/C14H18BrN3O3.ClH/c15-11-3-1-2-9(4-11)14(21)18-8-13(20)17-6-10-5-16-7-12(10)19;/h1-4,10,12,16,19H,5-8H2,(H,17,20)(H,18,21);1H. The molecule has 2 amide bonds. The van der Waals surface area contributed by atoms with Crippen molar-refractivity contribution in [1.29, 1.82) is 0 Å². The van der Waals surface area contributed by atoms with E-state index in [4.69, 9.17) is 0 Å². The van der Waals surface area contributed by atoms with Crippen LogP contribution >= 0.6 is 28.3 Å². The molecule has 122 valence electrons. The predicted octanol–water partition coefficient (Wildman–Crippen LogP) is 0.297. The van der Waals surface area contributed by atoms with Crippen molar-refractivity contribution in [3.63, 3.8) is 0 Å². The van der Waals surface area contributed by atoms with Gasteiger partial charge in [-0.25, -0.2) is 0 Å². The van der Waals surface area contributed by atoms with Crippen LogP contribution in [0.15, 0.2) is 28.7 Å². The number of nitrogens with one attached hydrogen (secondary N) is 3. The summed E-state index contributed by atoms with van der Waals surface area (Å²) in [5.41, 5.74) is 0.493. The number of amides is 2. The molecule has 8 heteroatoms. The van der Waals surface area contributed by atoms with E-state index in [0.29, 0.717) is 25.2 Å². The molecule has 0 saturated carbocycles. The third-order valence-corrected chi connectivity index (χ3v) is 3.86. The fourth-order valence-electron chi connectivity index (χ4n) is 2.13. The molecule has 1 aliphatic rings. The van der Waals surface area contributed by atoms with Gasteiger partial charge in [-0.05, 0) is 18.2 Å².